The standard InChI is InChI=1S/C40H42ClN3O4/c1-26(28-15-17-31(41)18-16-28)35(42-40(47)38-24-36(45)34-23-32(43(2)3)19-20-37(34)48-38)22-27-11-13-29(14-12-27)33-9-5-4-8-30(33)25-44-21-7-6-10-39(44)46/h4-5,8-9,15-20,22-24,29H,6-7,10-14,21,25H2,1-3H3,(H,42,47)/b27-22?,35-26-. The SMILES string of the molecule is C/C(=C(\C=C1CCC(c2ccccc2CN2CCCCC2=O)CC1)NC(=O)c1cc(=O)c2cc(N(C)C)ccc2o1)c1ccc(Cl)cc1. The number of hydrogen-bond acceptors (Lipinski definition) is 5. The van der Waals surface area contributed by atoms with E-state index in [-0.39, 0.29) is 17.1 Å². The molecule has 0 radical (unpaired) electrons. The number of anilines is 1. The molecule has 2 aliphatic rings. The molecule has 2 amide bonds. The van der Waals surface area contributed by atoms with E-state index in [4.69, 9.17) is 16.0 Å². The number of fused-ring (bicyclic) bond motifs is 1. The lowest BCUT2D eigenvalue weighted by Gasteiger charge is -2.30. The number of likely N-dealkylation sites (tertiary alicyclic amines) is 1. The highest BCUT2D eigenvalue weighted by atomic mass is 35.5. The Morgan fingerprint density at radius 3 is 2.46 bits per heavy atom. The summed E-state index contributed by atoms with van der Waals surface area (Å²) in [4.78, 5) is 43.2. The molecule has 2 fully saturated rings. The molecule has 48 heavy (non-hydrogen) atoms. The van der Waals surface area contributed by atoms with Gasteiger partial charge in [-0.25, -0.2) is 0 Å². The molecular formula is C40H42ClN3O4. The van der Waals surface area contributed by atoms with Crippen LogP contribution < -0.4 is 15.6 Å². The predicted molar refractivity (Wildman–Crippen MR) is 193 cm³/mol. The summed E-state index contributed by atoms with van der Waals surface area (Å²) in [5, 5.41) is 4.13. The molecule has 1 aromatic heterocycles. The third-order valence-electron chi connectivity index (χ3n) is 9.63. The van der Waals surface area contributed by atoms with Crippen LogP contribution in [-0.2, 0) is 11.3 Å². The van der Waals surface area contributed by atoms with Crippen LogP contribution >= 0.6 is 11.6 Å². The third-order valence-corrected chi connectivity index (χ3v) is 9.89. The Labute approximate surface area is 286 Å². The van der Waals surface area contributed by atoms with Crippen molar-refractivity contribution in [3.05, 3.63) is 128 Å². The predicted octanol–water partition coefficient (Wildman–Crippen LogP) is 8.47. The first-order chi connectivity index (χ1) is 23.2. The summed E-state index contributed by atoms with van der Waals surface area (Å²) in [6, 6.07) is 22.7. The molecule has 0 spiro atoms. The largest absolute Gasteiger partial charge is 0.451 e. The maximum Gasteiger partial charge on any atom is 0.291 e. The van der Waals surface area contributed by atoms with Crippen LogP contribution in [0.3, 0.4) is 0 Å². The number of allylic oxidation sites excluding steroid dienone is 3. The Balaban J connectivity index is 1.24. The number of carbonyl (C=O) groups excluding carboxylic acids is 2. The van der Waals surface area contributed by atoms with Gasteiger partial charge in [-0.05, 0) is 110 Å². The van der Waals surface area contributed by atoms with Crippen molar-refractivity contribution in [2.24, 2.45) is 0 Å². The Kier molecular flexibility index (Phi) is 10.2. The first-order valence-electron chi connectivity index (χ1n) is 16.7. The van der Waals surface area contributed by atoms with Gasteiger partial charge >= 0.3 is 0 Å². The molecule has 0 bridgehead atoms. The Hall–Kier alpha value is -4.62. The third kappa shape index (κ3) is 7.57. The van der Waals surface area contributed by atoms with E-state index in [0.717, 1.165) is 61.9 Å². The zero-order chi connectivity index (χ0) is 33.8. The van der Waals surface area contributed by atoms with Gasteiger partial charge in [0.15, 0.2) is 11.2 Å². The average molecular weight is 664 g/mol. The highest BCUT2D eigenvalue weighted by molar-refractivity contribution is 6.30. The number of hydrogen-bond donors (Lipinski definition) is 1. The summed E-state index contributed by atoms with van der Waals surface area (Å²) in [5.41, 5.74) is 7.25. The Bertz CT molecular complexity index is 1950. The number of piperidine rings is 1. The van der Waals surface area contributed by atoms with Crippen molar-refractivity contribution in [1.82, 2.24) is 10.2 Å². The topological polar surface area (TPSA) is 82.9 Å². The molecule has 1 N–H and O–H groups in total. The lowest BCUT2D eigenvalue weighted by atomic mass is 9.79. The van der Waals surface area contributed by atoms with Crippen molar-refractivity contribution in [1.29, 1.82) is 0 Å². The second kappa shape index (κ2) is 14.7. The van der Waals surface area contributed by atoms with Gasteiger partial charge in [0.2, 0.25) is 5.91 Å². The van der Waals surface area contributed by atoms with E-state index in [1.165, 1.54) is 22.8 Å². The normalized spacial score (nSPS) is 17.2. The van der Waals surface area contributed by atoms with Gasteiger partial charge < -0.3 is 19.5 Å². The van der Waals surface area contributed by atoms with E-state index in [9.17, 15) is 14.4 Å². The fraction of sp³-hybridized carbons (Fsp3) is 0.325. The van der Waals surface area contributed by atoms with E-state index in [1.807, 2.05) is 61.2 Å². The number of amides is 2. The summed E-state index contributed by atoms with van der Waals surface area (Å²) in [6.07, 6.45) is 8.50. The van der Waals surface area contributed by atoms with Crippen LogP contribution in [0.4, 0.5) is 5.69 Å². The van der Waals surface area contributed by atoms with Crippen LogP contribution in [0.2, 0.25) is 5.02 Å². The highest BCUT2D eigenvalue weighted by Crippen LogP contribution is 2.38. The molecule has 1 aliphatic carbocycles. The lowest BCUT2D eigenvalue weighted by Crippen LogP contribution is -2.35. The van der Waals surface area contributed by atoms with E-state index in [0.29, 0.717) is 40.6 Å². The lowest BCUT2D eigenvalue weighted by molar-refractivity contribution is -0.133. The maximum atomic E-state index is 13.7. The van der Waals surface area contributed by atoms with Gasteiger partial charge in [0.05, 0.1) is 5.39 Å². The van der Waals surface area contributed by atoms with Crippen molar-refractivity contribution in [2.45, 2.75) is 64.3 Å². The molecule has 0 unspecified atom stereocenters. The minimum atomic E-state index is -0.485. The highest BCUT2D eigenvalue weighted by Gasteiger charge is 2.24. The van der Waals surface area contributed by atoms with Gasteiger partial charge in [0.1, 0.15) is 5.58 Å². The van der Waals surface area contributed by atoms with Crippen molar-refractivity contribution in [3.63, 3.8) is 0 Å². The number of nitrogens with zero attached hydrogens (tertiary/aromatic N) is 2. The second-order valence-corrected chi connectivity index (χ2v) is 13.5. The Morgan fingerprint density at radius 1 is 0.979 bits per heavy atom. The van der Waals surface area contributed by atoms with Crippen molar-refractivity contribution in [3.8, 4) is 0 Å². The summed E-state index contributed by atoms with van der Waals surface area (Å²) in [7, 11) is 3.81. The molecule has 248 valence electrons. The minimum absolute atomic E-state index is 0.0441. The van der Waals surface area contributed by atoms with E-state index < -0.39 is 5.91 Å². The Morgan fingerprint density at radius 2 is 1.73 bits per heavy atom. The fourth-order valence-corrected chi connectivity index (χ4v) is 6.90. The van der Waals surface area contributed by atoms with Crippen LogP contribution in [0.1, 0.15) is 85.0 Å². The molecule has 1 saturated heterocycles. The summed E-state index contributed by atoms with van der Waals surface area (Å²) in [6.45, 7) is 3.48. The van der Waals surface area contributed by atoms with Crippen LogP contribution in [0.5, 0.6) is 0 Å². The number of nitrogens with one attached hydrogen (secondary N) is 1. The average Bonchev–Trinajstić information content (AvgIpc) is 3.09. The monoisotopic (exact) mass is 663 g/mol. The number of halogens is 1. The molecule has 7 nitrogen and oxygen atoms in total. The van der Waals surface area contributed by atoms with Gasteiger partial charge in [-0.15, -0.1) is 0 Å². The van der Waals surface area contributed by atoms with Gasteiger partial charge in [-0.2, -0.15) is 0 Å². The van der Waals surface area contributed by atoms with E-state index in [2.05, 4.69) is 35.7 Å². The van der Waals surface area contributed by atoms with E-state index in [1.54, 1.807) is 12.1 Å². The molecule has 8 heteroatoms. The van der Waals surface area contributed by atoms with Gasteiger partial charge in [0.25, 0.3) is 5.91 Å². The molecule has 2 heterocycles. The first-order valence-corrected chi connectivity index (χ1v) is 17.1. The second-order valence-electron chi connectivity index (χ2n) is 13.1. The fourth-order valence-electron chi connectivity index (χ4n) is 6.77. The van der Waals surface area contributed by atoms with Crippen molar-refractivity contribution >= 4 is 45.6 Å². The molecule has 3 aromatic carbocycles. The smallest absolute Gasteiger partial charge is 0.291 e. The molecule has 4 aromatic rings. The van der Waals surface area contributed by atoms with Gasteiger partial charge in [0, 0.05) is 56.1 Å². The number of rotatable bonds is 8. The molecular weight excluding hydrogens is 622 g/mol. The number of benzene rings is 3. The molecule has 1 saturated carbocycles. The quantitative estimate of drug-likeness (QED) is 0.205. The summed E-state index contributed by atoms with van der Waals surface area (Å²) < 4.78 is 5.95. The van der Waals surface area contributed by atoms with Crippen molar-refractivity contribution in [2.75, 3.05) is 25.5 Å². The number of carbonyl (C=O) groups is 2. The van der Waals surface area contributed by atoms with Crippen LogP contribution in [-0.4, -0.2) is 37.4 Å². The van der Waals surface area contributed by atoms with Crippen LogP contribution in [0.25, 0.3) is 16.5 Å². The maximum absolute atomic E-state index is 13.7. The molecule has 6 rings (SSSR count). The van der Waals surface area contributed by atoms with Crippen LogP contribution in [0, 0.1) is 0 Å². The van der Waals surface area contributed by atoms with E-state index >= 15 is 0 Å². The zero-order valence-corrected chi connectivity index (χ0v) is 28.6. The van der Waals surface area contributed by atoms with Crippen molar-refractivity contribution < 1.29 is 14.0 Å². The first kappa shape index (κ1) is 33.3. The van der Waals surface area contributed by atoms with Gasteiger partial charge in [-0.1, -0.05) is 53.6 Å². The summed E-state index contributed by atoms with van der Waals surface area (Å²) >= 11 is 6.18. The minimum Gasteiger partial charge on any atom is -0.451 e. The zero-order valence-electron chi connectivity index (χ0n) is 27.9. The molecule has 0 atom stereocenters. The van der Waals surface area contributed by atoms with Crippen LogP contribution in [0.15, 0.2) is 99.4 Å². The summed E-state index contributed by atoms with van der Waals surface area (Å²) in [5.74, 6) is 0.124. The molecule has 1 aliphatic heterocycles. The van der Waals surface area contributed by atoms with Gasteiger partial charge in [-0.3, -0.25) is 14.4 Å².